The monoisotopic (exact) mass is 304 g/mol. The Labute approximate surface area is 122 Å². The van der Waals surface area contributed by atoms with Crippen molar-refractivity contribution >= 4 is 23.3 Å². The van der Waals surface area contributed by atoms with E-state index in [1.54, 1.807) is 12.1 Å². The lowest BCUT2D eigenvalue weighted by Crippen LogP contribution is -2.14. The normalized spacial score (nSPS) is 10.9. The fourth-order valence-corrected chi connectivity index (χ4v) is 2.37. The lowest BCUT2D eigenvalue weighted by molar-refractivity contribution is 0.545. The number of aromatic amines is 2. The molecule has 0 aliphatic heterocycles. The molecule has 0 atom stereocenters. The van der Waals surface area contributed by atoms with Crippen LogP contribution in [0.5, 0.6) is 0 Å². The van der Waals surface area contributed by atoms with E-state index in [1.165, 1.54) is 18.2 Å². The van der Waals surface area contributed by atoms with Crippen LogP contribution in [-0.2, 0) is 6.42 Å². The fraction of sp³-hybridized carbons (Fsp3) is 0.0714. The average Bonchev–Trinajstić information content (AvgIpc) is 2.36. The highest BCUT2D eigenvalue weighted by molar-refractivity contribution is 7.71. The first-order valence-electron chi connectivity index (χ1n) is 6.07. The second kappa shape index (κ2) is 5.10. The van der Waals surface area contributed by atoms with Crippen LogP contribution in [0.4, 0.5) is 4.39 Å². The summed E-state index contributed by atoms with van der Waals surface area (Å²) in [6.45, 7) is 0. The van der Waals surface area contributed by atoms with E-state index in [0.717, 1.165) is 0 Å². The van der Waals surface area contributed by atoms with Gasteiger partial charge < -0.3 is 9.40 Å². The number of rotatable bonds is 2. The number of benzene rings is 1. The lowest BCUT2D eigenvalue weighted by atomic mass is 10.0. The van der Waals surface area contributed by atoms with Crippen LogP contribution in [0.25, 0.3) is 11.1 Å². The zero-order valence-corrected chi connectivity index (χ0v) is 11.4. The summed E-state index contributed by atoms with van der Waals surface area (Å²) in [5.74, 6) is -0.381. The van der Waals surface area contributed by atoms with Gasteiger partial charge in [-0.25, -0.2) is 9.18 Å². The molecule has 0 aliphatic carbocycles. The number of aromatic nitrogens is 2. The summed E-state index contributed by atoms with van der Waals surface area (Å²) in [6, 6.07) is 7.17. The maximum atomic E-state index is 13.2. The van der Waals surface area contributed by atoms with Crippen LogP contribution in [0.2, 0.25) is 0 Å². The minimum atomic E-state index is -0.606. The maximum absolute atomic E-state index is 13.2. The zero-order chi connectivity index (χ0) is 15.0. The highest BCUT2D eigenvalue weighted by Crippen LogP contribution is 2.15. The highest BCUT2D eigenvalue weighted by Gasteiger charge is 2.11. The van der Waals surface area contributed by atoms with Gasteiger partial charge in [0.05, 0.1) is 0 Å². The molecule has 5 nitrogen and oxygen atoms in total. The number of hydrogen-bond donors (Lipinski definition) is 2. The Morgan fingerprint density at radius 1 is 1.19 bits per heavy atom. The van der Waals surface area contributed by atoms with E-state index < -0.39 is 11.2 Å². The molecule has 0 aliphatic rings. The van der Waals surface area contributed by atoms with Gasteiger partial charge >= 0.3 is 5.63 Å². The molecule has 3 aromatic rings. The fourth-order valence-electron chi connectivity index (χ4n) is 2.18. The summed E-state index contributed by atoms with van der Waals surface area (Å²) in [5, 5.41) is 0.201. The first kappa shape index (κ1) is 13.4. The standard InChI is InChI=1S/C14H9FN2O3S/c15-9-3-1-2-7(5-9)4-8-6-10(18)20-13-11(8)12(19)16-14(21)17-13/h1-3,5-6H,4H2,(H2,16,17,19,21). The van der Waals surface area contributed by atoms with Gasteiger partial charge in [0.25, 0.3) is 5.56 Å². The molecule has 0 saturated heterocycles. The second-order valence-corrected chi connectivity index (χ2v) is 4.92. The molecule has 21 heavy (non-hydrogen) atoms. The molecule has 0 bridgehead atoms. The van der Waals surface area contributed by atoms with E-state index in [-0.39, 0.29) is 28.1 Å². The van der Waals surface area contributed by atoms with Crippen molar-refractivity contribution in [2.75, 3.05) is 0 Å². The Kier molecular flexibility index (Phi) is 3.26. The van der Waals surface area contributed by atoms with Crippen molar-refractivity contribution in [3.63, 3.8) is 0 Å². The number of H-pyrrole nitrogens is 2. The minimum Gasteiger partial charge on any atom is -0.405 e. The van der Waals surface area contributed by atoms with Crippen LogP contribution < -0.4 is 11.2 Å². The van der Waals surface area contributed by atoms with Gasteiger partial charge in [-0.3, -0.25) is 9.78 Å². The van der Waals surface area contributed by atoms with Crippen molar-refractivity contribution in [1.82, 2.24) is 9.97 Å². The molecule has 0 unspecified atom stereocenters. The Balaban J connectivity index is 2.25. The summed E-state index contributed by atoms with van der Waals surface area (Å²) in [4.78, 5) is 28.7. The molecule has 0 saturated carbocycles. The smallest absolute Gasteiger partial charge is 0.337 e. The SMILES string of the molecule is O=c1cc(Cc2cccc(F)c2)c2c(=O)[nH]c(=S)[nH]c2o1. The predicted molar refractivity (Wildman–Crippen MR) is 77.5 cm³/mol. The van der Waals surface area contributed by atoms with Gasteiger partial charge in [-0.2, -0.15) is 0 Å². The summed E-state index contributed by atoms with van der Waals surface area (Å²) >= 11 is 4.84. The molecule has 0 fully saturated rings. The molecule has 2 heterocycles. The van der Waals surface area contributed by atoms with E-state index in [9.17, 15) is 14.0 Å². The summed E-state index contributed by atoms with van der Waals surface area (Å²) < 4.78 is 18.2. The van der Waals surface area contributed by atoms with Gasteiger partial charge in [0.15, 0.2) is 4.77 Å². The van der Waals surface area contributed by atoms with Crippen LogP contribution in [0.15, 0.2) is 44.3 Å². The molecule has 3 rings (SSSR count). The van der Waals surface area contributed by atoms with Crippen LogP contribution in [0.1, 0.15) is 11.1 Å². The molecule has 2 N–H and O–H groups in total. The molecular formula is C14H9FN2O3S. The molecule has 0 amide bonds. The van der Waals surface area contributed by atoms with Crippen molar-refractivity contribution in [3.05, 3.63) is 72.8 Å². The third kappa shape index (κ3) is 2.68. The molecule has 0 radical (unpaired) electrons. The number of fused-ring (bicyclic) bond motifs is 1. The summed E-state index contributed by atoms with van der Waals surface area (Å²) in [5.41, 5.74) is 0.0415. The predicted octanol–water partition coefficient (Wildman–Crippen LogP) is 2.27. The molecule has 7 heteroatoms. The van der Waals surface area contributed by atoms with Gasteiger partial charge in [0, 0.05) is 6.07 Å². The van der Waals surface area contributed by atoms with Crippen molar-refractivity contribution in [3.8, 4) is 0 Å². The quantitative estimate of drug-likeness (QED) is 0.712. The highest BCUT2D eigenvalue weighted by atomic mass is 32.1. The molecule has 0 spiro atoms. The first-order valence-corrected chi connectivity index (χ1v) is 6.47. The van der Waals surface area contributed by atoms with E-state index in [4.69, 9.17) is 16.6 Å². The summed E-state index contributed by atoms with van der Waals surface area (Å²) in [6.07, 6.45) is 0.230. The van der Waals surface area contributed by atoms with E-state index in [1.807, 2.05) is 0 Å². The zero-order valence-electron chi connectivity index (χ0n) is 10.6. The van der Waals surface area contributed by atoms with E-state index in [0.29, 0.717) is 11.1 Å². The van der Waals surface area contributed by atoms with Gasteiger partial charge in [-0.15, -0.1) is 0 Å². The van der Waals surface area contributed by atoms with E-state index in [2.05, 4.69) is 9.97 Å². The van der Waals surface area contributed by atoms with Crippen LogP contribution in [0.3, 0.4) is 0 Å². The Morgan fingerprint density at radius 2 is 2.00 bits per heavy atom. The number of hydrogen-bond acceptors (Lipinski definition) is 4. The topological polar surface area (TPSA) is 78.9 Å². The Bertz CT molecular complexity index is 998. The van der Waals surface area contributed by atoms with Gasteiger partial charge in [-0.1, -0.05) is 12.1 Å². The Hall–Kier alpha value is -2.54. The van der Waals surface area contributed by atoms with Crippen molar-refractivity contribution in [2.24, 2.45) is 0 Å². The third-order valence-corrected chi connectivity index (χ3v) is 3.21. The Morgan fingerprint density at radius 3 is 2.76 bits per heavy atom. The van der Waals surface area contributed by atoms with Crippen molar-refractivity contribution in [1.29, 1.82) is 0 Å². The number of halogens is 1. The average molecular weight is 304 g/mol. The van der Waals surface area contributed by atoms with Crippen LogP contribution in [0, 0.1) is 10.6 Å². The largest absolute Gasteiger partial charge is 0.405 e. The first-order chi connectivity index (χ1) is 10.0. The lowest BCUT2D eigenvalue weighted by Gasteiger charge is -2.05. The van der Waals surface area contributed by atoms with Crippen molar-refractivity contribution in [2.45, 2.75) is 6.42 Å². The minimum absolute atomic E-state index is 0.0163. The molecule has 2 aromatic heterocycles. The van der Waals surface area contributed by atoms with Crippen LogP contribution >= 0.6 is 12.2 Å². The second-order valence-electron chi connectivity index (χ2n) is 4.51. The molecule has 1 aromatic carbocycles. The van der Waals surface area contributed by atoms with Crippen LogP contribution in [-0.4, -0.2) is 9.97 Å². The molecular weight excluding hydrogens is 295 g/mol. The number of nitrogens with one attached hydrogen (secondary N) is 2. The van der Waals surface area contributed by atoms with Crippen molar-refractivity contribution < 1.29 is 8.81 Å². The van der Waals surface area contributed by atoms with Gasteiger partial charge in [0.2, 0.25) is 5.71 Å². The van der Waals surface area contributed by atoms with Gasteiger partial charge in [-0.05, 0) is 41.9 Å². The van der Waals surface area contributed by atoms with E-state index >= 15 is 0 Å². The van der Waals surface area contributed by atoms with Gasteiger partial charge in [0.1, 0.15) is 11.2 Å². The maximum Gasteiger partial charge on any atom is 0.337 e. The summed E-state index contributed by atoms with van der Waals surface area (Å²) in [7, 11) is 0. The third-order valence-electron chi connectivity index (χ3n) is 3.01. The molecule has 106 valence electrons.